The van der Waals surface area contributed by atoms with Crippen molar-refractivity contribution in [3.05, 3.63) is 53.6 Å². The normalized spacial score (nSPS) is 11.7. The summed E-state index contributed by atoms with van der Waals surface area (Å²) in [6, 6.07) is 11.3. The number of hydrogen-bond donors (Lipinski definition) is 2. The molecule has 2 amide bonds. The number of benzene rings is 2. The Hall–Kier alpha value is -3.35. The minimum Gasteiger partial charge on any atom is -0.454 e. The van der Waals surface area contributed by atoms with Crippen LogP contribution in [0, 0.1) is 0 Å². The lowest BCUT2D eigenvalue weighted by Gasteiger charge is -2.08. The molecular formula is C18H16N2O5. The minimum atomic E-state index is -0.389. The van der Waals surface area contributed by atoms with Gasteiger partial charge in [-0.2, -0.15) is 0 Å². The highest BCUT2D eigenvalue weighted by Gasteiger charge is 2.16. The lowest BCUT2D eigenvalue weighted by atomic mass is 10.1. The molecule has 2 N–H and O–H groups in total. The Morgan fingerprint density at radius 1 is 0.960 bits per heavy atom. The third kappa shape index (κ3) is 3.95. The molecule has 0 spiro atoms. The fourth-order valence-corrected chi connectivity index (χ4v) is 2.29. The summed E-state index contributed by atoms with van der Waals surface area (Å²) in [6.45, 7) is 1.42. The number of Topliss-reactive ketones (excluding diaryl/α,β-unsaturated/α-hetero) is 1. The molecule has 25 heavy (non-hydrogen) atoms. The highest BCUT2D eigenvalue weighted by atomic mass is 16.7. The molecule has 0 saturated carbocycles. The predicted octanol–water partition coefficient (Wildman–Crippen LogP) is 1.99. The number of ketones is 1. The van der Waals surface area contributed by atoms with E-state index < -0.39 is 0 Å². The molecule has 0 bridgehead atoms. The number of ether oxygens (including phenoxy) is 2. The van der Waals surface area contributed by atoms with Gasteiger partial charge in [-0.05, 0) is 49.4 Å². The summed E-state index contributed by atoms with van der Waals surface area (Å²) in [4.78, 5) is 35.2. The van der Waals surface area contributed by atoms with Crippen LogP contribution in [0.1, 0.15) is 27.6 Å². The molecule has 0 unspecified atom stereocenters. The van der Waals surface area contributed by atoms with Crippen molar-refractivity contribution in [2.24, 2.45) is 0 Å². The van der Waals surface area contributed by atoms with Crippen LogP contribution in [-0.2, 0) is 4.79 Å². The first kappa shape index (κ1) is 16.5. The molecule has 0 radical (unpaired) electrons. The summed E-state index contributed by atoms with van der Waals surface area (Å²) in [7, 11) is 0. The van der Waals surface area contributed by atoms with Crippen molar-refractivity contribution in [3.8, 4) is 11.5 Å². The predicted molar refractivity (Wildman–Crippen MR) is 90.0 cm³/mol. The largest absolute Gasteiger partial charge is 0.454 e. The molecule has 1 aliphatic heterocycles. The van der Waals surface area contributed by atoms with E-state index in [-0.39, 0.29) is 30.9 Å². The number of carbonyl (C=O) groups is 3. The van der Waals surface area contributed by atoms with Crippen LogP contribution in [-0.4, -0.2) is 30.9 Å². The number of nitrogens with one attached hydrogen (secondary N) is 2. The maximum absolute atomic E-state index is 12.1. The standard InChI is InChI=1S/C18H16N2O5/c1-11(21)12-2-5-14(6-3-12)20-17(22)9-19-18(23)13-4-7-15-16(8-13)25-10-24-15/h2-8H,9-10H2,1H3,(H,19,23)(H,20,22). The monoisotopic (exact) mass is 340 g/mol. The van der Waals surface area contributed by atoms with E-state index in [0.717, 1.165) is 0 Å². The van der Waals surface area contributed by atoms with Gasteiger partial charge in [0.15, 0.2) is 17.3 Å². The van der Waals surface area contributed by atoms with Crippen LogP contribution in [0.4, 0.5) is 5.69 Å². The van der Waals surface area contributed by atoms with Gasteiger partial charge in [-0.1, -0.05) is 0 Å². The zero-order valence-corrected chi connectivity index (χ0v) is 13.5. The minimum absolute atomic E-state index is 0.0473. The Morgan fingerprint density at radius 2 is 1.64 bits per heavy atom. The second-order valence-corrected chi connectivity index (χ2v) is 5.43. The lowest BCUT2D eigenvalue weighted by Crippen LogP contribution is -2.32. The fourth-order valence-electron chi connectivity index (χ4n) is 2.29. The molecule has 0 fully saturated rings. The molecule has 3 rings (SSSR count). The molecule has 7 nitrogen and oxygen atoms in total. The van der Waals surface area contributed by atoms with E-state index in [9.17, 15) is 14.4 Å². The molecule has 1 aliphatic rings. The zero-order chi connectivity index (χ0) is 17.8. The van der Waals surface area contributed by atoms with Gasteiger partial charge in [0.25, 0.3) is 5.91 Å². The van der Waals surface area contributed by atoms with Gasteiger partial charge in [-0.25, -0.2) is 0 Å². The van der Waals surface area contributed by atoms with Crippen LogP contribution in [0.15, 0.2) is 42.5 Å². The maximum atomic E-state index is 12.1. The molecule has 0 saturated heterocycles. The van der Waals surface area contributed by atoms with Crippen molar-refractivity contribution in [2.75, 3.05) is 18.7 Å². The van der Waals surface area contributed by atoms with Crippen LogP contribution in [0.25, 0.3) is 0 Å². The molecule has 1 heterocycles. The second-order valence-electron chi connectivity index (χ2n) is 5.43. The van der Waals surface area contributed by atoms with Gasteiger partial charge in [0.05, 0.1) is 6.54 Å². The quantitative estimate of drug-likeness (QED) is 0.812. The Kier molecular flexibility index (Phi) is 4.65. The summed E-state index contributed by atoms with van der Waals surface area (Å²) < 4.78 is 10.4. The third-order valence-corrected chi connectivity index (χ3v) is 3.62. The summed E-state index contributed by atoms with van der Waals surface area (Å²) in [5, 5.41) is 5.19. The van der Waals surface area contributed by atoms with Gasteiger partial charge in [0, 0.05) is 16.8 Å². The third-order valence-electron chi connectivity index (χ3n) is 3.62. The Labute approximate surface area is 143 Å². The number of fused-ring (bicyclic) bond motifs is 1. The molecule has 0 aromatic heterocycles. The second kappa shape index (κ2) is 7.04. The maximum Gasteiger partial charge on any atom is 0.251 e. The van der Waals surface area contributed by atoms with E-state index in [1.807, 2.05) is 0 Å². The average molecular weight is 340 g/mol. The van der Waals surface area contributed by atoms with Gasteiger partial charge in [-0.15, -0.1) is 0 Å². The zero-order valence-electron chi connectivity index (χ0n) is 13.5. The first-order valence-corrected chi connectivity index (χ1v) is 7.61. The number of hydrogen-bond acceptors (Lipinski definition) is 5. The lowest BCUT2D eigenvalue weighted by molar-refractivity contribution is -0.115. The van der Waals surface area contributed by atoms with Gasteiger partial charge < -0.3 is 20.1 Å². The van der Waals surface area contributed by atoms with Gasteiger partial charge >= 0.3 is 0 Å². The first-order chi connectivity index (χ1) is 12.0. The highest BCUT2D eigenvalue weighted by Crippen LogP contribution is 2.32. The number of rotatable bonds is 5. The summed E-state index contributed by atoms with van der Waals surface area (Å²) in [6.07, 6.45) is 0. The first-order valence-electron chi connectivity index (χ1n) is 7.61. The van der Waals surface area contributed by atoms with E-state index >= 15 is 0 Å². The van der Waals surface area contributed by atoms with Crippen molar-refractivity contribution in [3.63, 3.8) is 0 Å². The molecule has 0 atom stereocenters. The van der Waals surface area contributed by atoms with E-state index in [2.05, 4.69) is 10.6 Å². The number of carbonyl (C=O) groups excluding carboxylic acids is 3. The molecule has 7 heteroatoms. The summed E-state index contributed by atoms with van der Waals surface area (Å²) >= 11 is 0. The highest BCUT2D eigenvalue weighted by molar-refractivity contribution is 6.00. The molecule has 2 aromatic rings. The van der Waals surface area contributed by atoms with Crippen LogP contribution >= 0.6 is 0 Å². The summed E-state index contributed by atoms with van der Waals surface area (Å²) in [5.41, 5.74) is 1.49. The van der Waals surface area contributed by atoms with Crippen molar-refractivity contribution in [1.29, 1.82) is 0 Å². The SMILES string of the molecule is CC(=O)c1ccc(NC(=O)CNC(=O)c2ccc3c(c2)OCO3)cc1. The van der Waals surface area contributed by atoms with E-state index in [4.69, 9.17) is 9.47 Å². The molecule has 2 aromatic carbocycles. The van der Waals surface area contributed by atoms with E-state index in [0.29, 0.717) is 28.3 Å². The van der Waals surface area contributed by atoms with Gasteiger partial charge in [0.1, 0.15) is 0 Å². The molecule has 128 valence electrons. The van der Waals surface area contributed by atoms with Crippen molar-refractivity contribution < 1.29 is 23.9 Å². The van der Waals surface area contributed by atoms with Crippen molar-refractivity contribution >= 4 is 23.3 Å². The van der Waals surface area contributed by atoms with Crippen molar-refractivity contribution in [1.82, 2.24) is 5.32 Å². The van der Waals surface area contributed by atoms with Crippen LogP contribution in [0.3, 0.4) is 0 Å². The molecular weight excluding hydrogens is 324 g/mol. The van der Waals surface area contributed by atoms with Crippen molar-refractivity contribution in [2.45, 2.75) is 6.92 Å². The van der Waals surface area contributed by atoms with Crippen LogP contribution in [0.5, 0.6) is 11.5 Å². The Bertz CT molecular complexity index is 830. The van der Waals surface area contributed by atoms with Gasteiger partial charge in [-0.3, -0.25) is 14.4 Å². The van der Waals surface area contributed by atoms with Gasteiger partial charge in [0.2, 0.25) is 12.7 Å². The summed E-state index contributed by atoms with van der Waals surface area (Å²) in [5.74, 6) is 0.282. The smallest absolute Gasteiger partial charge is 0.251 e. The number of anilines is 1. The molecule has 0 aliphatic carbocycles. The van der Waals surface area contributed by atoms with E-state index in [1.54, 1.807) is 42.5 Å². The topological polar surface area (TPSA) is 93.7 Å². The fraction of sp³-hybridized carbons (Fsp3) is 0.167. The Balaban J connectivity index is 1.53. The van der Waals surface area contributed by atoms with E-state index in [1.165, 1.54) is 6.92 Å². The average Bonchev–Trinajstić information content (AvgIpc) is 3.07. The Morgan fingerprint density at radius 3 is 2.36 bits per heavy atom. The number of amides is 2. The van der Waals surface area contributed by atoms with Crippen LogP contribution in [0.2, 0.25) is 0 Å². The van der Waals surface area contributed by atoms with Crippen LogP contribution < -0.4 is 20.1 Å².